The maximum atomic E-state index is 12.0. The van der Waals surface area contributed by atoms with Crippen molar-refractivity contribution in [3.63, 3.8) is 0 Å². The molecule has 1 aliphatic heterocycles. The minimum Gasteiger partial charge on any atom is -0.465 e. The molecule has 1 amide bonds. The summed E-state index contributed by atoms with van der Waals surface area (Å²) in [7, 11) is 1.32. The zero-order valence-electron chi connectivity index (χ0n) is 10.2. The van der Waals surface area contributed by atoms with Crippen LogP contribution >= 0.6 is 0 Å². The molecule has 0 unspecified atom stereocenters. The maximum absolute atomic E-state index is 12.0. The van der Waals surface area contributed by atoms with E-state index in [0.29, 0.717) is 11.3 Å². The van der Waals surface area contributed by atoms with Crippen LogP contribution in [0.25, 0.3) is 0 Å². The molecule has 96 valence electrons. The second kappa shape index (κ2) is 5.64. The van der Waals surface area contributed by atoms with Crippen LogP contribution in [0.3, 0.4) is 0 Å². The smallest absolute Gasteiger partial charge is 0.339 e. The first-order valence-electron chi connectivity index (χ1n) is 5.94. The third-order valence-corrected chi connectivity index (χ3v) is 2.97. The van der Waals surface area contributed by atoms with E-state index in [2.05, 4.69) is 15.4 Å². The van der Waals surface area contributed by atoms with E-state index >= 15 is 0 Å². The Morgan fingerprint density at radius 1 is 1.39 bits per heavy atom. The molecule has 0 aliphatic carbocycles. The molecule has 0 spiro atoms. The molecule has 0 bridgehead atoms. The number of carbonyl (C=O) groups is 2. The van der Waals surface area contributed by atoms with Crippen LogP contribution in [0.4, 0.5) is 5.69 Å². The summed E-state index contributed by atoms with van der Waals surface area (Å²) in [6.45, 7) is 0.858. The number of anilines is 1. The molecular formula is C13H16N2O3. The number of hydrogen-bond donors (Lipinski definition) is 2. The predicted molar refractivity (Wildman–Crippen MR) is 67.4 cm³/mol. The average molecular weight is 248 g/mol. The molecule has 2 N–H and O–H groups in total. The van der Waals surface area contributed by atoms with Gasteiger partial charge in [0.05, 0.1) is 24.4 Å². The number of nitrogens with one attached hydrogen (secondary N) is 2. The van der Waals surface area contributed by atoms with Crippen LogP contribution in [0.1, 0.15) is 23.2 Å². The van der Waals surface area contributed by atoms with Crippen molar-refractivity contribution in [3.8, 4) is 0 Å². The summed E-state index contributed by atoms with van der Waals surface area (Å²) in [6, 6.07) is 6.65. The Kier molecular flexibility index (Phi) is 3.94. The third-order valence-electron chi connectivity index (χ3n) is 2.97. The van der Waals surface area contributed by atoms with Crippen LogP contribution in [-0.2, 0) is 9.53 Å². The van der Waals surface area contributed by atoms with E-state index in [-0.39, 0.29) is 11.9 Å². The SMILES string of the molecule is COC(=O)c1ccccc1NC(=O)[C@H]1CCCN1. The summed E-state index contributed by atoms with van der Waals surface area (Å²) in [6.07, 6.45) is 1.82. The molecule has 5 heteroatoms. The Balaban J connectivity index is 2.13. The number of esters is 1. The quantitative estimate of drug-likeness (QED) is 0.788. The van der Waals surface area contributed by atoms with Gasteiger partial charge in [0.1, 0.15) is 0 Å². The Bertz CT molecular complexity index is 453. The lowest BCUT2D eigenvalue weighted by atomic mass is 10.1. The normalized spacial score (nSPS) is 18.4. The van der Waals surface area contributed by atoms with Crippen molar-refractivity contribution >= 4 is 17.6 Å². The van der Waals surface area contributed by atoms with Gasteiger partial charge in [0.25, 0.3) is 0 Å². The van der Waals surface area contributed by atoms with Crippen LogP contribution < -0.4 is 10.6 Å². The lowest BCUT2D eigenvalue weighted by molar-refractivity contribution is -0.117. The van der Waals surface area contributed by atoms with E-state index in [9.17, 15) is 9.59 Å². The van der Waals surface area contributed by atoms with Gasteiger partial charge < -0.3 is 15.4 Å². The molecular weight excluding hydrogens is 232 g/mol. The first-order valence-corrected chi connectivity index (χ1v) is 5.94. The van der Waals surface area contributed by atoms with Gasteiger partial charge in [-0.25, -0.2) is 4.79 Å². The van der Waals surface area contributed by atoms with Gasteiger partial charge in [-0.2, -0.15) is 0 Å². The summed E-state index contributed by atoms with van der Waals surface area (Å²) in [5, 5.41) is 5.88. The maximum Gasteiger partial charge on any atom is 0.339 e. The van der Waals surface area contributed by atoms with Crippen LogP contribution in [-0.4, -0.2) is 31.6 Å². The van der Waals surface area contributed by atoms with Gasteiger partial charge >= 0.3 is 5.97 Å². The van der Waals surface area contributed by atoms with Crippen molar-refractivity contribution < 1.29 is 14.3 Å². The molecule has 5 nitrogen and oxygen atoms in total. The van der Waals surface area contributed by atoms with Gasteiger partial charge in [-0.3, -0.25) is 4.79 Å². The van der Waals surface area contributed by atoms with Gasteiger partial charge in [-0.15, -0.1) is 0 Å². The molecule has 1 heterocycles. The number of ether oxygens (including phenoxy) is 1. The van der Waals surface area contributed by atoms with E-state index in [1.165, 1.54) is 7.11 Å². The van der Waals surface area contributed by atoms with Crippen molar-refractivity contribution in [2.75, 3.05) is 19.0 Å². The van der Waals surface area contributed by atoms with Gasteiger partial charge in [0.15, 0.2) is 0 Å². The van der Waals surface area contributed by atoms with Crippen LogP contribution in [0, 0.1) is 0 Å². The molecule has 18 heavy (non-hydrogen) atoms. The number of rotatable bonds is 3. The molecule has 1 aliphatic rings. The van der Waals surface area contributed by atoms with Crippen molar-refractivity contribution in [2.45, 2.75) is 18.9 Å². The van der Waals surface area contributed by atoms with E-state index < -0.39 is 5.97 Å². The van der Waals surface area contributed by atoms with Crippen LogP contribution in [0.15, 0.2) is 24.3 Å². The van der Waals surface area contributed by atoms with Gasteiger partial charge in [-0.05, 0) is 31.5 Å². The number of amides is 1. The minimum absolute atomic E-state index is 0.108. The number of carbonyl (C=O) groups excluding carboxylic acids is 2. The Hall–Kier alpha value is -1.88. The van der Waals surface area contributed by atoms with Crippen molar-refractivity contribution in [1.29, 1.82) is 0 Å². The van der Waals surface area contributed by atoms with E-state index in [1.54, 1.807) is 24.3 Å². The fraction of sp³-hybridized carbons (Fsp3) is 0.385. The standard InChI is InChI=1S/C13H16N2O3/c1-18-13(17)9-5-2-3-6-10(9)15-12(16)11-7-4-8-14-11/h2-3,5-6,11,14H,4,7-8H2,1H3,(H,15,16)/t11-/m1/s1. The van der Waals surface area contributed by atoms with Crippen molar-refractivity contribution in [1.82, 2.24) is 5.32 Å². The Morgan fingerprint density at radius 2 is 2.17 bits per heavy atom. The zero-order chi connectivity index (χ0) is 13.0. The summed E-state index contributed by atoms with van der Waals surface area (Å²) in [5.74, 6) is -0.561. The number of benzene rings is 1. The fourth-order valence-electron chi connectivity index (χ4n) is 2.01. The molecule has 0 saturated carbocycles. The van der Waals surface area contributed by atoms with Gasteiger partial charge in [0.2, 0.25) is 5.91 Å². The molecule has 2 rings (SSSR count). The highest BCUT2D eigenvalue weighted by Crippen LogP contribution is 2.17. The van der Waals surface area contributed by atoms with E-state index in [1.807, 2.05) is 0 Å². The summed E-state index contributed by atoms with van der Waals surface area (Å²) < 4.78 is 4.68. The average Bonchev–Trinajstić information content (AvgIpc) is 2.92. The van der Waals surface area contributed by atoms with E-state index in [0.717, 1.165) is 19.4 Å². The highest BCUT2D eigenvalue weighted by atomic mass is 16.5. The summed E-state index contributed by atoms with van der Waals surface area (Å²) in [5.41, 5.74) is 0.856. The topological polar surface area (TPSA) is 67.4 Å². The molecule has 0 radical (unpaired) electrons. The van der Waals surface area contributed by atoms with Gasteiger partial charge in [0, 0.05) is 0 Å². The van der Waals surface area contributed by atoms with Crippen molar-refractivity contribution in [3.05, 3.63) is 29.8 Å². The largest absolute Gasteiger partial charge is 0.465 e. The predicted octanol–water partition coefficient (Wildman–Crippen LogP) is 1.16. The van der Waals surface area contributed by atoms with Gasteiger partial charge in [-0.1, -0.05) is 12.1 Å². The zero-order valence-corrected chi connectivity index (χ0v) is 10.2. The lowest BCUT2D eigenvalue weighted by Gasteiger charge is -2.13. The Morgan fingerprint density at radius 3 is 2.83 bits per heavy atom. The number of methoxy groups -OCH3 is 1. The summed E-state index contributed by atoms with van der Waals surface area (Å²) in [4.78, 5) is 23.5. The second-order valence-electron chi connectivity index (χ2n) is 4.18. The minimum atomic E-state index is -0.453. The lowest BCUT2D eigenvalue weighted by Crippen LogP contribution is -2.35. The summed E-state index contributed by atoms with van der Waals surface area (Å²) >= 11 is 0. The highest BCUT2D eigenvalue weighted by molar-refractivity contribution is 6.02. The highest BCUT2D eigenvalue weighted by Gasteiger charge is 2.23. The molecule has 1 atom stereocenters. The Labute approximate surface area is 106 Å². The van der Waals surface area contributed by atoms with Crippen molar-refractivity contribution in [2.24, 2.45) is 0 Å². The molecule has 1 saturated heterocycles. The van der Waals surface area contributed by atoms with Crippen LogP contribution in [0.2, 0.25) is 0 Å². The fourth-order valence-corrected chi connectivity index (χ4v) is 2.01. The number of para-hydroxylation sites is 1. The monoisotopic (exact) mass is 248 g/mol. The first kappa shape index (κ1) is 12.6. The van der Waals surface area contributed by atoms with Crippen LogP contribution in [0.5, 0.6) is 0 Å². The molecule has 1 aromatic rings. The molecule has 1 fully saturated rings. The number of hydrogen-bond acceptors (Lipinski definition) is 4. The molecule has 1 aromatic carbocycles. The molecule has 0 aromatic heterocycles. The first-order chi connectivity index (χ1) is 8.72. The third kappa shape index (κ3) is 2.68. The van der Waals surface area contributed by atoms with E-state index in [4.69, 9.17) is 0 Å². The second-order valence-corrected chi connectivity index (χ2v) is 4.18.